The molecular formula is C17H16FN3. The summed E-state index contributed by atoms with van der Waals surface area (Å²) in [6.07, 6.45) is 0. The first kappa shape index (κ1) is 13.4. The summed E-state index contributed by atoms with van der Waals surface area (Å²) in [4.78, 5) is 0. The topological polar surface area (TPSA) is 54.7 Å². The van der Waals surface area contributed by atoms with Gasteiger partial charge in [-0.1, -0.05) is 35.4 Å². The predicted molar refractivity (Wildman–Crippen MR) is 83.3 cm³/mol. The number of aryl methyl sites for hydroxylation is 2. The molecule has 0 radical (unpaired) electrons. The number of benzene rings is 2. The third-order valence-electron chi connectivity index (χ3n) is 3.45. The van der Waals surface area contributed by atoms with Gasteiger partial charge in [0.15, 0.2) is 5.82 Å². The van der Waals surface area contributed by atoms with Crippen LogP contribution in [-0.2, 0) is 0 Å². The van der Waals surface area contributed by atoms with Crippen molar-refractivity contribution in [2.75, 3.05) is 5.73 Å². The van der Waals surface area contributed by atoms with Gasteiger partial charge in [0.2, 0.25) is 0 Å². The van der Waals surface area contributed by atoms with E-state index in [9.17, 15) is 4.39 Å². The summed E-state index contributed by atoms with van der Waals surface area (Å²) >= 11 is 0. The minimum Gasteiger partial charge on any atom is -0.382 e. The van der Waals surface area contributed by atoms with Crippen molar-refractivity contribution < 1.29 is 4.39 Å². The average molecular weight is 281 g/mol. The molecule has 106 valence electrons. The Bertz CT molecular complexity index is 785. The van der Waals surface area contributed by atoms with Crippen molar-refractivity contribution in [3.63, 3.8) is 0 Å². The Morgan fingerprint density at radius 1 is 1.05 bits per heavy atom. The Kier molecular flexibility index (Phi) is 3.22. The SMILES string of the molecule is Cc1cc(C)cc(-c2[nH]nc(N)c2-c2ccccc2F)c1. The van der Waals surface area contributed by atoms with Gasteiger partial charge in [-0.05, 0) is 32.0 Å². The third-order valence-corrected chi connectivity index (χ3v) is 3.45. The number of hydrogen-bond donors (Lipinski definition) is 2. The molecule has 0 aliphatic rings. The Morgan fingerprint density at radius 3 is 2.38 bits per heavy atom. The van der Waals surface area contributed by atoms with Crippen LogP contribution in [0.2, 0.25) is 0 Å². The molecule has 3 rings (SSSR count). The van der Waals surface area contributed by atoms with Gasteiger partial charge in [-0.3, -0.25) is 5.10 Å². The first-order valence-corrected chi connectivity index (χ1v) is 6.73. The molecule has 0 spiro atoms. The van der Waals surface area contributed by atoms with Crippen molar-refractivity contribution >= 4 is 5.82 Å². The number of H-pyrrole nitrogens is 1. The lowest BCUT2D eigenvalue weighted by Crippen LogP contribution is -1.92. The molecule has 3 N–H and O–H groups in total. The second-order valence-electron chi connectivity index (χ2n) is 5.22. The number of halogens is 1. The van der Waals surface area contributed by atoms with Crippen LogP contribution in [0.5, 0.6) is 0 Å². The molecule has 1 heterocycles. The molecule has 0 amide bonds. The van der Waals surface area contributed by atoms with Gasteiger partial charge < -0.3 is 5.73 Å². The van der Waals surface area contributed by atoms with E-state index in [2.05, 4.69) is 16.3 Å². The minimum absolute atomic E-state index is 0.300. The van der Waals surface area contributed by atoms with Crippen LogP contribution < -0.4 is 5.73 Å². The molecule has 0 saturated heterocycles. The molecule has 0 bridgehead atoms. The van der Waals surface area contributed by atoms with Crippen LogP contribution in [0, 0.1) is 19.7 Å². The summed E-state index contributed by atoms with van der Waals surface area (Å²) in [5.74, 6) is -0.00881. The van der Waals surface area contributed by atoms with Crippen LogP contribution in [-0.4, -0.2) is 10.2 Å². The highest BCUT2D eigenvalue weighted by Crippen LogP contribution is 2.36. The second kappa shape index (κ2) is 5.05. The number of aromatic nitrogens is 2. The summed E-state index contributed by atoms with van der Waals surface area (Å²) in [6.45, 7) is 4.05. The molecule has 3 aromatic rings. The zero-order chi connectivity index (χ0) is 15.0. The number of nitrogens with one attached hydrogen (secondary N) is 1. The lowest BCUT2D eigenvalue weighted by Gasteiger charge is -2.08. The van der Waals surface area contributed by atoms with Crippen LogP contribution in [0.15, 0.2) is 42.5 Å². The number of nitrogens with zero attached hydrogens (tertiary/aromatic N) is 1. The zero-order valence-electron chi connectivity index (χ0n) is 11.9. The fourth-order valence-electron chi connectivity index (χ4n) is 2.62. The Hall–Kier alpha value is -2.62. The van der Waals surface area contributed by atoms with Gasteiger partial charge in [0.05, 0.1) is 11.3 Å². The van der Waals surface area contributed by atoms with E-state index in [0.717, 1.165) is 22.4 Å². The van der Waals surface area contributed by atoms with Crippen molar-refractivity contribution in [1.29, 1.82) is 0 Å². The van der Waals surface area contributed by atoms with Gasteiger partial charge in [0.25, 0.3) is 0 Å². The molecule has 1 aromatic heterocycles. The number of anilines is 1. The van der Waals surface area contributed by atoms with Crippen LogP contribution in [0.25, 0.3) is 22.4 Å². The number of aromatic amines is 1. The number of nitrogens with two attached hydrogens (primary N) is 1. The van der Waals surface area contributed by atoms with E-state index in [1.807, 2.05) is 26.0 Å². The summed E-state index contributed by atoms with van der Waals surface area (Å²) in [5, 5.41) is 6.98. The van der Waals surface area contributed by atoms with Gasteiger partial charge in [-0.15, -0.1) is 0 Å². The normalized spacial score (nSPS) is 10.8. The Balaban J connectivity index is 2.24. The highest BCUT2D eigenvalue weighted by atomic mass is 19.1. The average Bonchev–Trinajstić information content (AvgIpc) is 2.80. The van der Waals surface area contributed by atoms with E-state index in [4.69, 9.17) is 5.73 Å². The molecule has 0 aliphatic carbocycles. The van der Waals surface area contributed by atoms with E-state index in [-0.39, 0.29) is 5.82 Å². The van der Waals surface area contributed by atoms with E-state index in [0.29, 0.717) is 16.9 Å². The maximum absolute atomic E-state index is 14.1. The van der Waals surface area contributed by atoms with Crippen molar-refractivity contribution in [2.45, 2.75) is 13.8 Å². The molecule has 3 nitrogen and oxygen atoms in total. The molecule has 4 heteroatoms. The van der Waals surface area contributed by atoms with Crippen molar-refractivity contribution in [1.82, 2.24) is 10.2 Å². The lowest BCUT2D eigenvalue weighted by atomic mass is 9.98. The maximum Gasteiger partial charge on any atom is 0.153 e. The fraction of sp³-hybridized carbons (Fsp3) is 0.118. The Morgan fingerprint density at radius 2 is 1.71 bits per heavy atom. The standard InChI is InChI=1S/C17H16FN3/c1-10-7-11(2)9-12(8-10)16-15(17(19)21-20-16)13-5-3-4-6-14(13)18/h3-9H,1-2H3,(H3,19,20,21). The van der Waals surface area contributed by atoms with Gasteiger partial charge in [0.1, 0.15) is 5.82 Å². The number of nitrogen functional groups attached to an aromatic ring is 1. The molecule has 21 heavy (non-hydrogen) atoms. The smallest absolute Gasteiger partial charge is 0.153 e. The van der Waals surface area contributed by atoms with Gasteiger partial charge in [-0.25, -0.2) is 4.39 Å². The summed E-state index contributed by atoms with van der Waals surface area (Å²) in [5.41, 5.74) is 11.0. The quantitative estimate of drug-likeness (QED) is 0.743. The minimum atomic E-state index is -0.309. The molecular weight excluding hydrogens is 265 g/mol. The first-order chi connectivity index (χ1) is 10.1. The van der Waals surface area contributed by atoms with Crippen molar-refractivity contribution in [3.05, 3.63) is 59.4 Å². The molecule has 0 aliphatic heterocycles. The highest BCUT2D eigenvalue weighted by molar-refractivity contribution is 5.88. The zero-order valence-corrected chi connectivity index (χ0v) is 11.9. The van der Waals surface area contributed by atoms with E-state index in [1.54, 1.807) is 18.2 Å². The fourth-order valence-corrected chi connectivity index (χ4v) is 2.62. The maximum atomic E-state index is 14.1. The number of rotatable bonds is 2. The van der Waals surface area contributed by atoms with Crippen molar-refractivity contribution in [2.24, 2.45) is 0 Å². The van der Waals surface area contributed by atoms with E-state index < -0.39 is 0 Å². The number of hydrogen-bond acceptors (Lipinski definition) is 2. The first-order valence-electron chi connectivity index (χ1n) is 6.73. The summed E-state index contributed by atoms with van der Waals surface area (Å²) < 4.78 is 14.1. The van der Waals surface area contributed by atoms with Crippen LogP contribution in [0.1, 0.15) is 11.1 Å². The van der Waals surface area contributed by atoms with E-state index >= 15 is 0 Å². The van der Waals surface area contributed by atoms with Crippen molar-refractivity contribution in [3.8, 4) is 22.4 Å². The Labute approximate surface area is 122 Å². The van der Waals surface area contributed by atoms with Gasteiger partial charge in [0, 0.05) is 11.1 Å². The monoisotopic (exact) mass is 281 g/mol. The van der Waals surface area contributed by atoms with Crippen LogP contribution in [0.4, 0.5) is 10.2 Å². The molecule has 0 unspecified atom stereocenters. The molecule has 0 saturated carbocycles. The van der Waals surface area contributed by atoms with Crippen LogP contribution in [0.3, 0.4) is 0 Å². The third kappa shape index (κ3) is 2.40. The molecule has 0 atom stereocenters. The highest BCUT2D eigenvalue weighted by Gasteiger charge is 2.17. The summed E-state index contributed by atoms with van der Waals surface area (Å²) in [6, 6.07) is 12.7. The van der Waals surface area contributed by atoms with E-state index in [1.165, 1.54) is 6.07 Å². The van der Waals surface area contributed by atoms with Crippen LogP contribution >= 0.6 is 0 Å². The predicted octanol–water partition coefficient (Wildman–Crippen LogP) is 4.08. The van der Waals surface area contributed by atoms with Gasteiger partial charge in [-0.2, -0.15) is 5.10 Å². The summed E-state index contributed by atoms with van der Waals surface area (Å²) in [7, 11) is 0. The second-order valence-corrected chi connectivity index (χ2v) is 5.22. The largest absolute Gasteiger partial charge is 0.382 e. The lowest BCUT2D eigenvalue weighted by molar-refractivity contribution is 0.631. The molecule has 2 aromatic carbocycles. The van der Waals surface area contributed by atoms with Gasteiger partial charge >= 0.3 is 0 Å². The molecule has 0 fully saturated rings.